The number of anilines is 1. The lowest BCUT2D eigenvalue weighted by Gasteiger charge is -2.26. The molecule has 0 bridgehead atoms. The normalized spacial score (nSPS) is 13.2. The van der Waals surface area contributed by atoms with Crippen LogP contribution in [-0.2, 0) is 14.3 Å². The third-order valence-electron chi connectivity index (χ3n) is 4.62. The van der Waals surface area contributed by atoms with Crippen LogP contribution in [0.1, 0.15) is 56.5 Å². The van der Waals surface area contributed by atoms with Crippen molar-refractivity contribution in [1.82, 2.24) is 5.43 Å². The summed E-state index contributed by atoms with van der Waals surface area (Å²) in [5, 5.41) is 1.09. The second-order valence-corrected chi connectivity index (χ2v) is 8.56. The van der Waals surface area contributed by atoms with Gasteiger partial charge >= 0.3 is 12.1 Å². The maximum atomic E-state index is 13.3. The first-order valence-electron chi connectivity index (χ1n) is 10.5. The monoisotopic (exact) mass is 450 g/mol. The zero-order valence-corrected chi connectivity index (χ0v) is 19.0. The summed E-state index contributed by atoms with van der Waals surface area (Å²) in [7, 11) is 0. The Kier molecular flexibility index (Phi) is 6.96. The summed E-state index contributed by atoms with van der Waals surface area (Å²) in [5.41, 5.74) is 4.06. The van der Waals surface area contributed by atoms with Gasteiger partial charge in [0.05, 0.1) is 5.69 Å². The average Bonchev–Trinajstić information content (AvgIpc) is 3.17. The predicted octanol–water partition coefficient (Wildman–Crippen LogP) is 4.44. The zero-order valence-electron chi connectivity index (χ0n) is 19.0. The second-order valence-electron chi connectivity index (χ2n) is 8.56. The summed E-state index contributed by atoms with van der Waals surface area (Å²) in [6, 6.07) is 13.0. The van der Waals surface area contributed by atoms with Crippen molar-refractivity contribution >= 4 is 35.0 Å². The van der Waals surface area contributed by atoms with Crippen LogP contribution in [0.4, 0.5) is 10.5 Å². The second kappa shape index (κ2) is 9.68. The molecule has 3 rings (SSSR count). The Morgan fingerprint density at radius 2 is 1.70 bits per heavy atom. The molecule has 1 aliphatic rings. The third kappa shape index (κ3) is 6.52. The Labute approximate surface area is 192 Å². The number of nitrogens with zero attached hydrogens (tertiary/aromatic N) is 1. The number of hydrogen-bond donors (Lipinski definition) is 1. The maximum absolute atomic E-state index is 13.3. The number of nitrogens with one attached hydrogen (secondary N) is 1. The molecule has 0 aliphatic heterocycles. The summed E-state index contributed by atoms with van der Waals surface area (Å²) >= 11 is 0. The highest BCUT2D eigenvalue weighted by Gasteiger charge is 2.25. The van der Waals surface area contributed by atoms with Crippen LogP contribution in [0.2, 0.25) is 0 Å². The van der Waals surface area contributed by atoms with Crippen molar-refractivity contribution in [1.29, 1.82) is 0 Å². The molecule has 0 radical (unpaired) electrons. The fraction of sp³-hybridized carbons (Fsp3) is 0.280. The van der Waals surface area contributed by atoms with Gasteiger partial charge in [-0.3, -0.25) is 14.4 Å². The molecule has 0 aromatic heterocycles. The highest BCUT2D eigenvalue weighted by Crippen LogP contribution is 2.29. The summed E-state index contributed by atoms with van der Waals surface area (Å²) in [6.07, 6.45) is 1.87. The van der Waals surface area contributed by atoms with Crippen LogP contribution in [0.3, 0.4) is 0 Å². The number of carbonyl (C=O) groups excluding carboxylic acids is 4. The van der Waals surface area contributed by atoms with Gasteiger partial charge in [0, 0.05) is 18.9 Å². The van der Waals surface area contributed by atoms with Gasteiger partial charge in [-0.2, -0.15) is 0 Å². The van der Waals surface area contributed by atoms with Crippen LogP contribution >= 0.6 is 0 Å². The van der Waals surface area contributed by atoms with E-state index in [9.17, 15) is 19.2 Å². The number of rotatable bonds is 4. The lowest BCUT2D eigenvalue weighted by atomic mass is 10.0. The van der Waals surface area contributed by atoms with E-state index in [4.69, 9.17) is 9.47 Å². The molecule has 8 nitrogen and oxygen atoms in total. The number of allylic oxidation sites excluding steroid dienone is 2. The first kappa shape index (κ1) is 23.7. The Bertz CT molecular complexity index is 1110. The number of amides is 2. The van der Waals surface area contributed by atoms with Gasteiger partial charge in [0.1, 0.15) is 11.4 Å². The topological polar surface area (TPSA) is 102 Å². The van der Waals surface area contributed by atoms with Crippen molar-refractivity contribution < 1.29 is 28.7 Å². The first-order chi connectivity index (χ1) is 15.5. The van der Waals surface area contributed by atoms with Gasteiger partial charge in [-0.25, -0.2) is 15.2 Å². The van der Waals surface area contributed by atoms with E-state index in [0.717, 1.165) is 16.1 Å². The summed E-state index contributed by atoms with van der Waals surface area (Å²) < 4.78 is 10.3. The molecule has 0 heterocycles. The Morgan fingerprint density at radius 3 is 2.27 bits per heavy atom. The van der Waals surface area contributed by atoms with Gasteiger partial charge in [0.15, 0.2) is 5.78 Å². The average molecular weight is 450 g/mol. The molecule has 1 N–H and O–H groups in total. The van der Waals surface area contributed by atoms with Crippen molar-refractivity contribution in [3.05, 3.63) is 65.7 Å². The molecule has 8 heteroatoms. The molecule has 0 atom stereocenters. The highest BCUT2D eigenvalue weighted by atomic mass is 16.6. The number of hydrogen-bond acceptors (Lipinski definition) is 6. The molecule has 2 amide bonds. The van der Waals surface area contributed by atoms with Gasteiger partial charge in [0.2, 0.25) is 0 Å². The molecular formula is C25H26N2O6. The van der Waals surface area contributed by atoms with E-state index in [-0.39, 0.29) is 11.3 Å². The Hall–Kier alpha value is -3.94. The maximum Gasteiger partial charge on any atom is 0.427 e. The van der Waals surface area contributed by atoms with Crippen LogP contribution in [-0.4, -0.2) is 29.4 Å². The van der Waals surface area contributed by atoms with Gasteiger partial charge in [0.25, 0.3) is 5.91 Å². The zero-order chi connectivity index (χ0) is 24.2. The minimum atomic E-state index is -0.798. The molecule has 2 aromatic carbocycles. The number of esters is 1. The van der Waals surface area contributed by atoms with E-state index in [2.05, 4.69) is 5.43 Å². The van der Waals surface area contributed by atoms with Crippen LogP contribution in [0, 0.1) is 0 Å². The quantitative estimate of drug-likeness (QED) is 0.420. The minimum absolute atomic E-state index is 0.0584. The first-order valence-corrected chi connectivity index (χ1v) is 10.5. The van der Waals surface area contributed by atoms with Crippen molar-refractivity contribution in [2.24, 2.45) is 0 Å². The SMILES string of the molecule is CC(=O)Oc1ccc(C(=O)N(NC(=O)OC(C)(C)C)c2cccc(C3=CC(=O)CC3)c2)cc1. The van der Waals surface area contributed by atoms with Crippen molar-refractivity contribution in [3.63, 3.8) is 0 Å². The molecule has 1 aliphatic carbocycles. The van der Waals surface area contributed by atoms with E-state index >= 15 is 0 Å². The fourth-order valence-electron chi connectivity index (χ4n) is 3.25. The highest BCUT2D eigenvalue weighted by molar-refractivity contribution is 6.07. The van der Waals surface area contributed by atoms with Crippen molar-refractivity contribution in [2.45, 2.75) is 46.1 Å². The van der Waals surface area contributed by atoms with Crippen molar-refractivity contribution in [3.8, 4) is 5.75 Å². The number of ketones is 1. The minimum Gasteiger partial charge on any atom is -0.443 e. The molecule has 2 aromatic rings. The molecular weight excluding hydrogens is 424 g/mol. The van der Waals surface area contributed by atoms with Gasteiger partial charge < -0.3 is 9.47 Å². The van der Waals surface area contributed by atoms with Gasteiger partial charge in [-0.1, -0.05) is 12.1 Å². The van der Waals surface area contributed by atoms with E-state index < -0.39 is 23.6 Å². The molecule has 0 saturated carbocycles. The third-order valence-corrected chi connectivity index (χ3v) is 4.62. The van der Waals surface area contributed by atoms with E-state index in [1.54, 1.807) is 45.0 Å². The molecule has 0 fully saturated rings. The van der Waals surface area contributed by atoms with Crippen LogP contribution in [0.25, 0.3) is 5.57 Å². The Morgan fingerprint density at radius 1 is 1.00 bits per heavy atom. The van der Waals surface area contributed by atoms with Crippen molar-refractivity contribution in [2.75, 3.05) is 5.01 Å². The van der Waals surface area contributed by atoms with Gasteiger partial charge in [-0.15, -0.1) is 0 Å². The van der Waals surface area contributed by atoms with E-state index in [1.165, 1.54) is 31.2 Å². The smallest absolute Gasteiger partial charge is 0.427 e. The van der Waals surface area contributed by atoms with E-state index in [1.807, 2.05) is 6.07 Å². The fourth-order valence-corrected chi connectivity index (χ4v) is 3.25. The lowest BCUT2D eigenvalue weighted by molar-refractivity contribution is -0.131. The molecule has 33 heavy (non-hydrogen) atoms. The summed E-state index contributed by atoms with van der Waals surface area (Å²) in [5.74, 6) is -0.642. The van der Waals surface area contributed by atoms with Gasteiger partial charge in [-0.05, 0) is 80.8 Å². The van der Waals surface area contributed by atoms with Crippen LogP contribution in [0.5, 0.6) is 5.75 Å². The van der Waals surface area contributed by atoms with E-state index in [0.29, 0.717) is 24.3 Å². The summed E-state index contributed by atoms with van der Waals surface area (Å²) in [6.45, 7) is 6.44. The number of hydrazine groups is 1. The predicted molar refractivity (Wildman–Crippen MR) is 123 cm³/mol. The number of ether oxygens (including phenoxy) is 2. The molecule has 0 unspecified atom stereocenters. The number of benzene rings is 2. The molecule has 172 valence electrons. The largest absolute Gasteiger partial charge is 0.443 e. The Balaban J connectivity index is 1.93. The standard InChI is InChI=1S/C25H26N2O6/c1-16(28)32-22-12-9-17(10-13-22)23(30)27(26-24(31)33-25(2,3)4)20-7-5-6-18(14-20)19-8-11-21(29)15-19/h5-7,9-10,12-15H,8,11H2,1-4H3,(H,26,31). The van der Waals surface area contributed by atoms with Crippen LogP contribution in [0.15, 0.2) is 54.6 Å². The van der Waals surface area contributed by atoms with Crippen LogP contribution < -0.4 is 15.2 Å². The lowest BCUT2D eigenvalue weighted by Crippen LogP contribution is -2.48. The molecule has 0 spiro atoms. The molecule has 0 saturated heterocycles. The number of carbonyl (C=O) groups is 4. The summed E-state index contributed by atoms with van der Waals surface area (Å²) in [4.78, 5) is 48.6.